The third-order valence-corrected chi connectivity index (χ3v) is 3.09. The summed E-state index contributed by atoms with van der Waals surface area (Å²) in [4.78, 5) is 34.1. The lowest BCUT2D eigenvalue weighted by Crippen LogP contribution is -2.41. The number of carbonyl (C=O) groups excluding carboxylic acids is 3. The summed E-state index contributed by atoms with van der Waals surface area (Å²) < 4.78 is 18.8. The summed E-state index contributed by atoms with van der Waals surface area (Å²) in [6.07, 6.45) is 0.490. The zero-order valence-electron chi connectivity index (χ0n) is 11.8. The first-order chi connectivity index (χ1) is 9.49. The molecule has 20 heavy (non-hydrogen) atoms. The molecule has 0 aromatic rings. The fraction of sp³-hybridized carbons (Fsp3) is 0.750. The molecule has 0 aromatic heterocycles. The van der Waals surface area contributed by atoms with E-state index >= 15 is 0 Å². The lowest BCUT2D eigenvalue weighted by molar-refractivity contribution is -0.147. The van der Waals surface area contributed by atoms with Gasteiger partial charge in [0.25, 0.3) is 0 Å². The van der Waals surface area contributed by atoms with Crippen molar-refractivity contribution in [1.29, 1.82) is 0 Å². The molecular formula is C12H19NO7. The predicted molar refractivity (Wildman–Crippen MR) is 65.9 cm³/mol. The van der Waals surface area contributed by atoms with E-state index in [1.807, 2.05) is 0 Å². The van der Waals surface area contributed by atoms with Crippen LogP contribution in [0.3, 0.4) is 0 Å². The highest BCUT2D eigenvalue weighted by molar-refractivity contribution is 5.82. The largest absolute Gasteiger partial charge is 0.467 e. The Bertz CT molecular complexity index is 378. The molecule has 2 atom stereocenters. The van der Waals surface area contributed by atoms with Crippen LogP contribution < -0.4 is 5.32 Å². The minimum Gasteiger partial charge on any atom is -0.467 e. The van der Waals surface area contributed by atoms with E-state index in [4.69, 9.17) is 4.74 Å². The second-order valence-electron chi connectivity index (χ2n) is 4.38. The van der Waals surface area contributed by atoms with Gasteiger partial charge in [-0.15, -0.1) is 0 Å². The van der Waals surface area contributed by atoms with Gasteiger partial charge in [-0.25, -0.2) is 14.4 Å². The van der Waals surface area contributed by atoms with Gasteiger partial charge in [-0.1, -0.05) is 0 Å². The van der Waals surface area contributed by atoms with Crippen LogP contribution in [0.2, 0.25) is 0 Å². The number of amides is 1. The van der Waals surface area contributed by atoms with Crippen molar-refractivity contribution in [3.05, 3.63) is 0 Å². The molecule has 0 aliphatic carbocycles. The molecule has 8 nitrogen and oxygen atoms in total. The highest BCUT2D eigenvalue weighted by atomic mass is 16.6. The zero-order valence-corrected chi connectivity index (χ0v) is 11.8. The van der Waals surface area contributed by atoms with E-state index in [0.29, 0.717) is 25.9 Å². The number of hydrogen-bond acceptors (Lipinski definition) is 7. The van der Waals surface area contributed by atoms with Crippen molar-refractivity contribution in [2.45, 2.75) is 30.9 Å². The Morgan fingerprint density at radius 3 is 2.30 bits per heavy atom. The summed E-state index contributed by atoms with van der Waals surface area (Å²) in [7, 11) is 3.73. The lowest BCUT2D eigenvalue weighted by atomic mass is 10.0. The Balaban J connectivity index is 2.44. The van der Waals surface area contributed by atoms with Crippen molar-refractivity contribution >= 4 is 18.0 Å². The van der Waals surface area contributed by atoms with Crippen molar-refractivity contribution < 1.29 is 33.3 Å². The Hall–Kier alpha value is -1.83. The van der Waals surface area contributed by atoms with E-state index in [0.717, 1.165) is 0 Å². The SMILES string of the molecule is COC(=O)N[C@H](CCC[C@]1(C(=O)OC)CO1)C(=O)OC. The summed E-state index contributed by atoms with van der Waals surface area (Å²) >= 11 is 0. The summed E-state index contributed by atoms with van der Waals surface area (Å²) in [5.74, 6) is -0.993. The van der Waals surface area contributed by atoms with Crippen molar-refractivity contribution in [2.24, 2.45) is 0 Å². The van der Waals surface area contributed by atoms with Gasteiger partial charge in [-0.2, -0.15) is 0 Å². The molecule has 1 saturated heterocycles. The highest BCUT2D eigenvalue weighted by Crippen LogP contribution is 2.34. The lowest BCUT2D eigenvalue weighted by Gasteiger charge is -2.16. The summed E-state index contributed by atoms with van der Waals surface area (Å²) in [6.45, 7) is 0.312. The number of rotatable bonds is 7. The van der Waals surface area contributed by atoms with Gasteiger partial charge in [-0.3, -0.25) is 0 Å². The number of epoxide rings is 1. The molecule has 1 aliphatic heterocycles. The Kier molecular flexibility index (Phi) is 5.75. The highest BCUT2D eigenvalue weighted by Gasteiger charge is 2.52. The van der Waals surface area contributed by atoms with Crippen LogP contribution in [0.5, 0.6) is 0 Å². The number of esters is 2. The van der Waals surface area contributed by atoms with Crippen LogP contribution >= 0.6 is 0 Å². The molecule has 0 saturated carbocycles. The van der Waals surface area contributed by atoms with Crippen LogP contribution in [-0.2, 0) is 28.5 Å². The molecule has 114 valence electrons. The number of alkyl carbamates (subject to hydrolysis) is 1. The van der Waals surface area contributed by atoms with Crippen LogP contribution in [0, 0.1) is 0 Å². The van der Waals surface area contributed by atoms with Gasteiger partial charge >= 0.3 is 18.0 Å². The van der Waals surface area contributed by atoms with Crippen molar-refractivity contribution in [2.75, 3.05) is 27.9 Å². The first-order valence-corrected chi connectivity index (χ1v) is 6.13. The van der Waals surface area contributed by atoms with Gasteiger partial charge in [0.1, 0.15) is 6.04 Å². The van der Waals surface area contributed by atoms with E-state index in [2.05, 4.69) is 19.5 Å². The van der Waals surface area contributed by atoms with Gasteiger partial charge in [0.2, 0.25) is 0 Å². The normalized spacial score (nSPS) is 21.6. The van der Waals surface area contributed by atoms with Gasteiger partial charge in [0.05, 0.1) is 27.9 Å². The number of methoxy groups -OCH3 is 3. The smallest absolute Gasteiger partial charge is 0.407 e. The molecule has 1 heterocycles. The average Bonchev–Trinajstić information content (AvgIpc) is 3.25. The van der Waals surface area contributed by atoms with Gasteiger partial charge < -0.3 is 24.3 Å². The Morgan fingerprint density at radius 1 is 1.20 bits per heavy atom. The molecule has 1 fully saturated rings. The van der Waals surface area contributed by atoms with E-state index in [9.17, 15) is 14.4 Å². The number of nitrogens with one attached hydrogen (secondary N) is 1. The molecule has 0 spiro atoms. The number of carbonyl (C=O) groups is 3. The first-order valence-electron chi connectivity index (χ1n) is 6.13. The minimum atomic E-state index is -0.888. The fourth-order valence-corrected chi connectivity index (χ4v) is 1.82. The maximum absolute atomic E-state index is 11.5. The quantitative estimate of drug-likeness (QED) is 0.399. The maximum Gasteiger partial charge on any atom is 0.407 e. The fourth-order valence-electron chi connectivity index (χ4n) is 1.82. The average molecular weight is 289 g/mol. The summed E-state index contributed by atoms with van der Waals surface area (Å²) in [5, 5.41) is 2.37. The molecule has 1 N–H and O–H groups in total. The second-order valence-corrected chi connectivity index (χ2v) is 4.38. The van der Waals surface area contributed by atoms with Crippen molar-refractivity contribution in [1.82, 2.24) is 5.32 Å². The maximum atomic E-state index is 11.5. The third-order valence-electron chi connectivity index (χ3n) is 3.09. The van der Waals surface area contributed by atoms with Crippen molar-refractivity contribution in [3.8, 4) is 0 Å². The van der Waals surface area contributed by atoms with Crippen LogP contribution in [-0.4, -0.2) is 57.6 Å². The molecule has 0 unspecified atom stereocenters. The van der Waals surface area contributed by atoms with E-state index in [1.165, 1.54) is 21.3 Å². The van der Waals surface area contributed by atoms with E-state index < -0.39 is 29.7 Å². The molecular weight excluding hydrogens is 270 g/mol. The predicted octanol–water partition coefficient (Wildman–Crippen LogP) is -0.00370. The topological polar surface area (TPSA) is 103 Å². The van der Waals surface area contributed by atoms with Gasteiger partial charge in [0.15, 0.2) is 5.60 Å². The van der Waals surface area contributed by atoms with E-state index in [1.54, 1.807) is 0 Å². The minimum absolute atomic E-state index is 0.309. The summed E-state index contributed by atoms with van der Waals surface area (Å²) in [5.41, 5.74) is -0.888. The Morgan fingerprint density at radius 2 is 1.85 bits per heavy atom. The van der Waals surface area contributed by atoms with E-state index in [-0.39, 0.29) is 0 Å². The molecule has 0 bridgehead atoms. The zero-order chi connectivity index (χ0) is 15.2. The summed E-state index contributed by atoms with van der Waals surface area (Å²) in [6, 6.07) is -0.819. The van der Waals surface area contributed by atoms with Crippen LogP contribution in [0.25, 0.3) is 0 Å². The van der Waals surface area contributed by atoms with Crippen LogP contribution in [0.4, 0.5) is 4.79 Å². The monoisotopic (exact) mass is 289 g/mol. The van der Waals surface area contributed by atoms with Gasteiger partial charge in [0, 0.05) is 0 Å². The molecule has 0 radical (unpaired) electrons. The van der Waals surface area contributed by atoms with Crippen LogP contribution in [0.15, 0.2) is 0 Å². The molecule has 1 rings (SSSR count). The Labute approximate surface area is 116 Å². The third kappa shape index (κ3) is 4.09. The van der Waals surface area contributed by atoms with Crippen LogP contribution in [0.1, 0.15) is 19.3 Å². The van der Waals surface area contributed by atoms with Crippen molar-refractivity contribution in [3.63, 3.8) is 0 Å². The molecule has 8 heteroatoms. The van der Waals surface area contributed by atoms with Gasteiger partial charge in [-0.05, 0) is 19.3 Å². The number of hydrogen-bond donors (Lipinski definition) is 1. The first kappa shape index (κ1) is 16.2. The molecule has 1 amide bonds. The number of ether oxygens (including phenoxy) is 4. The standard InChI is InChI=1S/C12H19NO7/c1-17-9(14)8(13-11(16)19-3)5-4-6-12(7-20-12)10(15)18-2/h8H,4-7H2,1-3H3,(H,13,16)/t8-,12-/m1/s1. The second kappa shape index (κ2) is 7.09. The molecule has 1 aliphatic rings. The molecule has 0 aromatic carbocycles.